The van der Waals surface area contributed by atoms with Crippen LogP contribution in [0, 0.1) is 0 Å². The van der Waals surface area contributed by atoms with E-state index in [0.717, 1.165) is 45.2 Å². The van der Waals surface area contributed by atoms with Crippen LogP contribution in [0.25, 0.3) is 0 Å². The number of carbonyl (C=O) groups excluding carboxylic acids is 1. The number of nitrogens with one attached hydrogen (secondary N) is 1. The molecule has 2 unspecified atom stereocenters. The molecule has 4 heteroatoms. The average Bonchev–Trinajstić information content (AvgIpc) is 2.78. The van der Waals surface area contributed by atoms with Crippen LogP contribution in [0.15, 0.2) is 0 Å². The number of ether oxygens (including phenoxy) is 1. The molecule has 1 saturated carbocycles. The summed E-state index contributed by atoms with van der Waals surface area (Å²) < 4.78 is 5.30. The van der Waals surface area contributed by atoms with Gasteiger partial charge in [-0.05, 0) is 38.5 Å². The molecule has 2 fully saturated rings. The molecular formula is C12H22N2O2. The van der Waals surface area contributed by atoms with E-state index in [1.807, 2.05) is 4.90 Å². The summed E-state index contributed by atoms with van der Waals surface area (Å²) in [6.07, 6.45) is 7.00. The number of piperidine rings is 1. The van der Waals surface area contributed by atoms with E-state index in [1.54, 1.807) is 7.11 Å². The molecule has 0 bridgehead atoms. The largest absolute Gasteiger partial charge is 0.381 e. The predicted octanol–water partition coefficient (Wildman–Crippen LogP) is 1.75. The maximum atomic E-state index is 11.9. The van der Waals surface area contributed by atoms with Crippen LogP contribution in [0.5, 0.6) is 0 Å². The summed E-state index contributed by atoms with van der Waals surface area (Å²) in [5.74, 6) is 0. The van der Waals surface area contributed by atoms with Crippen LogP contribution < -0.4 is 5.32 Å². The summed E-state index contributed by atoms with van der Waals surface area (Å²) in [7, 11) is 1.75. The second-order valence-electron chi connectivity index (χ2n) is 4.86. The Morgan fingerprint density at radius 2 is 2.00 bits per heavy atom. The maximum absolute atomic E-state index is 11.9. The molecule has 2 rings (SSSR count). The van der Waals surface area contributed by atoms with Crippen molar-refractivity contribution in [3.05, 3.63) is 0 Å². The summed E-state index contributed by atoms with van der Waals surface area (Å²) in [5.41, 5.74) is 0. The quantitative estimate of drug-likeness (QED) is 0.779. The minimum atomic E-state index is 0.126. The number of likely N-dealkylation sites (tertiary alicyclic amines) is 1. The zero-order valence-corrected chi connectivity index (χ0v) is 10.1. The second kappa shape index (κ2) is 5.53. The monoisotopic (exact) mass is 226 g/mol. The SMILES string of the molecule is COC1CCC(NC(=O)N2CCCCC2)C1. The standard InChI is InChI=1S/C12H22N2O2/c1-16-11-6-5-10(9-11)13-12(15)14-7-3-2-4-8-14/h10-11H,2-9H2,1H3,(H,13,15). The lowest BCUT2D eigenvalue weighted by molar-refractivity contribution is 0.106. The van der Waals surface area contributed by atoms with Crippen molar-refractivity contribution in [2.24, 2.45) is 0 Å². The molecule has 2 atom stereocenters. The molecule has 1 aliphatic carbocycles. The van der Waals surface area contributed by atoms with E-state index in [1.165, 1.54) is 6.42 Å². The zero-order valence-electron chi connectivity index (χ0n) is 10.1. The highest BCUT2D eigenvalue weighted by molar-refractivity contribution is 5.74. The summed E-state index contributed by atoms with van der Waals surface area (Å²) in [6, 6.07) is 0.445. The number of nitrogens with zero attached hydrogens (tertiary/aromatic N) is 1. The number of urea groups is 1. The summed E-state index contributed by atoms with van der Waals surface area (Å²) in [4.78, 5) is 13.9. The highest BCUT2D eigenvalue weighted by Gasteiger charge is 2.27. The number of hydrogen-bond acceptors (Lipinski definition) is 2. The molecule has 4 nitrogen and oxygen atoms in total. The van der Waals surface area contributed by atoms with Crippen molar-refractivity contribution in [2.45, 2.75) is 50.7 Å². The fourth-order valence-electron chi connectivity index (χ4n) is 2.65. The third-order valence-corrected chi connectivity index (χ3v) is 3.69. The molecule has 1 aliphatic heterocycles. The Bertz CT molecular complexity index is 239. The van der Waals surface area contributed by atoms with Crippen molar-refractivity contribution in [1.29, 1.82) is 0 Å². The third kappa shape index (κ3) is 2.88. The predicted molar refractivity (Wildman–Crippen MR) is 62.4 cm³/mol. The fraction of sp³-hybridized carbons (Fsp3) is 0.917. The average molecular weight is 226 g/mol. The van der Waals surface area contributed by atoms with E-state index in [4.69, 9.17) is 4.74 Å². The van der Waals surface area contributed by atoms with Crippen molar-refractivity contribution < 1.29 is 9.53 Å². The third-order valence-electron chi connectivity index (χ3n) is 3.69. The topological polar surface area (TPSA) is 41.6 Å². The van der Waals surface area contributed by atoms with E-state index in [2.05, 4.69) is 5.32 Å². The fourth-order valence-corrected chi connectivity index (χ4v) is 2.65. The first-order chi connectivity index (χ1) is 7.79. The minimum Gasteiger partial charge on any atom is -0.381 e. The van der Waals surface area contributed by atoms with E-state index in [0.29, 0.717) is 12.1 Å². The lowest BCUT2D eigenvalue weighted by atomic mass is 10.1. The van der Waals surface area contributed by atoms with Gasteiger partial charge in [-0.1, -0.05) is 0 Å². The van der Waals surface area contributed by atoms with Crippen LogP contribution in [0.4, 0.5) is 4.79 Å². The zero-order chi connectivity index (χ0) is 11.4. The van der Waals surface area contributed by atoms with E-state index >= 15 is 0 Å². The molecule has 16 heavy (non-hydrogen) atoms. The number of carbonyl (C=O) groups is 1. The van der Waals surface area contributed by atoms with Gasteiger partial charge >= 0.3 is 6.03 Å². The summed E-state index contributed by atoms with van der Waals surface area (Å²) in [5, 5.41) is 3.12. The number of methoxy groups -OCH3 is 1. The molecular weight excluding hydrogens is 204 g/mol. The molecule has 2 aliphatic rings. The number of rotatable bonds is 2. The molecule has 0 aromatic rings. The van der Waals surface area contributed by atoms with Crippen molar-refractivity contribution in [1.82, 2.24) is 10.2 Å². The van der Waals surface area contributed by atoms with Gasteiger partial charge in [0.2, 0.25) is 0 Å². The molecule has 0 radical (unpaired) electrons. The van der Waals surface area contributed by atoms with Gasteiger partial charge in [0.05, 0.1) is 6.10 Å². The molecule has 92 valence electrons. The Kier molecular flexibility index (Phi) is 4.04. The summed E-state index contributed by atoms with van der Waals surface area (Å²) >= 11 is 0. The van der Waals surface area contributed by atoms with Crippen molar-refractivity contribution in [3.63, 3.8) is 0 Å². The molecule has 1 N–H and O–H groups in total. The Hall–Kier alpha value is -0.770. The van der Waals surface area contributed by atoms with Crippen LogP contribution in [-0.4, -0.2) is 43.3 Å². The molecule has 1 saturated heterocycles. The molecule has 2 amide bonds. The lowest BCUT2D eigenvalue weighted by Gasteiger charge is -2.28. The Morgan fingerprint density at radius 1 is 1.25 bits per heavy atom. The Morgan fingerprint density at radius 3 is 2.62 bits per heavy atom. The van der Waals surface area contributed by atoms with Gasteiger partial charge in [-0.15, -0.1) is 0 Å². The molecule has 0 aromatic carbocycles. The molecule has 0 spiro atoms. The van der Waals surface area contributed by atoms with Crippen LogP contribution in [0.3, 0.4) is 0 Å². The van der Waals surface area contributed by atoms with Gasteiger partial charge in [0, 0.05) is 26.2 Å². The van der Waals surface area contributed by atoms with Crippen LogP contribution in [-0.2, 0) is 4.74 Å². The normalized spacial score (nSPS) is 30.4. The minimum absolute atomic E-state index is 0.126. The Labute approximate surface area is 97.3 Å². The first-order valence-electron chi connectivity index (χ1n) is 6.38. The van der Waals surface area contributed by atoms with Crippen LogP contribution >= 0.6 is 0 Å². The van der Waals surface area contributed by atoms with Crippen molar-refractivity contribution in [3.8, 4) is 0 Å². The van der Waals surface area contributed by atoms with Gasteiger partial charge in [0.1, 0.15) is 0 Å². The van der Waals surface area contributed by atoms with Gasteiger partial charge in [0.15, 0.2) is 0 Å². The van der Waals surface area contributed by atoms with Gasteiger partial charge < -0.3 is 15.0 Å². The highest BCUT2D eigenvalue weighted by Crippen LogP contribution is 2.21. The second-order valence-corrected chi connectivity index (χ2v) is 4.86. The first-order valence-corrected chi connectivity index (χ1v) is 6.38. The smallest absolute Gasteiger partial charge is 0.317 e. The molecule has 1 heterocycles. The first kappa shape index (κ1) is 11.7. The van der Waals surface area contributed by atoms with Gasteiger partial charge in [-0.2, -0.15) is 0 Å². The van der Waals surface area contributed by atoms with Gasteiger partial charge in [0.25, 0.3) is 0 Å². The Balaban J connectivity index is 1.74. The van der Waals surface area contributed by atoms with Crippen LogP contribution in [0.2, 0.25) is 0 Å². The van der Waals surface area contributed by atoms with E-state index < -0.39 is 0 Å². The summed E-state index contributed by atoms with van der Waals surface area (Å²) in [6.45, 7) is 1.85. The lowest BCUT2D eigenvalue weighted by Crippen LogP contribution is -2.46. The number of amides is 2. The van der Waals surface area contributed by atoms with Gasteiger partial charge in [-0.3, -0.25) is 0 Å². The van der Waals surface area contributed by atoms with Crippen molar-refractivity contribution in [2.75, 3.05) is 20.2 Å². The van der Waals surface area contributed by atoms with E-state index in [-0.39, 0.29) is 6.03 Å². The van der Waals surface area contributed by atoms with Crippen LogP contribution in [0.1, 0.15) is 38.5 Å². The maximum Gasteiger partial charge on any atom is 0.317 e. The van der Waals surface area contributed by atoms with E-state index in [9.17, 15) is 4.79 Å². The number of hydrogen-bond donors (Lipinski definition) is 1. The highest BCUT2D eigenvalue weighted by atomic mass is 16.5. The molecule has 0 aromatic heterocycles. The van der Waals surface area contributed by atoms with Crippen molar-refractivity contribution >= 4 is 6.03 Å². The van der Waals surface area contributed by atoms with Gasteiger partial charge in [-0.25, -0.2) is 4.79 Å².